The second-order valence-electron chi connectivity index (χ2n) is 10.1. The lowest BCUT2D eigenvalue weighted by Crippen LogP contribution is -2.31. The van der Waals surface area contributed by atoms with Crippen molar-refractivity contribution in [1.29, 1.82) is 0 Å². The Balaban J connectivity index is 1.38. The third-order valence-electron chi connectivity index (χ3n) is 7.31. The number of benzene rings is 3. The van der Waals surface area contributed by atoms with E-state index in [2.05, 4.69) is 65.2 Å². The maximum atomic E-state index is 13.6. The Kier molecular flexibility index (Phi) is 8.77. The van der Waals surface area contributed by atoms with Crippen LogP contribution in [-0.4, -0.2) is 22.1 Å². The van der Waals surface area contributed by atoms with Gasteiger partial charge in [-0.1, -0.05) is 61.5 Å². The maximum Gasteiger partial charge on any atom is 0.227 e. The van der Waals surface area contributed by atoms with Gasteiger partial charge in [0.15, 0.2) is 0 Å². The van der Waals surface area contributed by atoms with E-state index in [9.17, 15) is 9.90 Å². The number of carbonyl (C=O) groups excluding carboxylic acids is 1. The molecule has 1 unspecified atom stereocenters. The molecule has 1 aliphatic carbocycles. The summed E-state index contributed by atoms with van der Waals surface area (Å²) in [7, 11) is 0. The molecule has 4 aromatic rings. The summed E-state index contributed by atoms with van der Waals surface area (Å²) in [4.78, 5) is 21.0. The number of pyridine rings is 1. The highest BCUT2D eigenvalue weighted by molar-refractivity contribution is 7.97. The molecule has 0 aliphatic heterocycles. The zero-order valence-corrected chi connectivity index (χ0v) is 23.3. The quantitative estimate of drug-likeness (QED) is 0.230. The molecule has 0 fully saturated rings. The molecular weight excluding hydrogens is 502 g/mol. The second-order valence-corrected chi connectivity index (χ2v) is 11.0. The lowest BCUT2D eigenvalue weighted by molar-refractivity contribution is -0.118. The molecule has 0 radical (unpaired) electrons. The van der Waals surface area contributed by atoms with E-state index in [0.29, 0.717) is 25.8 Å². The van der Waals surface area contributed by atoms with Gasteiger partial charge in [0.1, 0.15) is 0 Å². The molecule has 0 spiro atoms. The number of carbonyl (C=O) groups is 1. The first-order valence-corrected chi connectivity index (χ1v) is 14.4. The number of nitrogens with zero attached hydrogens (tertiary/aromatic N) is 2. The highest BCUT2D eigenvalue weighted by atomic mass is 32.2. The van der Waals surface area contributed by atoms with E-state index in [1.807, 2.05) is 54.4 Å². The molecule has 5 nitrogen and oxygen atoms in total. The van der Waals surface area contributed by atoms with E-state index in [4.69, 9.17) is 0 Å². The zero-order chi connectivity index (χ0) is 27.2. The molecule has 0 saturated heterocycles. The first-order valence-electron chi connectivity index (χ1n) is 13.6. The molecule has 2 atom stereocenters. The van der Waals surface area contributed by atoms with Gasteiger partial charge in [-0.15, -0.1) is 0 Å². The highest BCUT2D eigenvalue weighted by Gasteiger charge is 2.32. The van der Waals surface area contributed by atoms with E-state index in [1.54, 1.807) is 0 Å². The number of aliphatic hydroxyl groups excluding tert-OH is 1. The normalized spacial score (nSPS) is 16.2. The van der Waals surface area contributed by atoms with Gasteiger partial charge in [0.05, 0.1) is 18.7 Å². The van der Waals surface area contributed by atoms with Crippen LogP contribution in [0.25, 0.3) is 0 Å². The molecule has 1 amide bonds. The Morgan fingerprint density at radius 1 is 1.00 bits per heavy atom. The standard InChI is InChI=1S/C33H35N3O2S/c1-3-24-11-16-29(17-12-24)39-35-33-30-20-28(15-14-27(30)19-31(33)37)36(22-26-10-9-23(2)34-21-26)32(38)18-13-25-7-5-4-6-8-25/h4-12,14-17,20-21,31,33,35,37H,3,13,18-19,22H2,1-2H3/t31-,33?/m1/s1. The minimum Gasteiger partial charge on any atom is -0.391 e. The van der Waals surface area contributed by atoms with Gasteiger partial charge in [0.2, 0.25) is 5.91 Å². The summed E-state index contributed by atoms with van der Waals surface area (Å²) in [6, 6.07) is 28.5. The SMILES string of the molecule is CCc1ccc(SNC2c3cc(N(Cc4ccc(C)nc4)C(=O)CCc4ccccc4)ccc3C[C@H]2O)cc1. The van der Waals surface area contributed by atoms with Crippen LogP contribution in [0.1, 0.15) is 52.9 Å². The number of aryl methyl sites for hydroxylation is 3. The van der Waals surface area contributed by atoms with Crippen molar-refractivity contribution in [3.05, 3.63) is 125 Å². The molecular formula is C33H35N3O2S. The largest absolute Gasteiger partial charge is 0.391 e. The second kappa shape index (κ2) is 12.6. The van der Waals surface area contributed by atoms with Gasteiger partial charge in [0, 0.05) is 35.3 Å². The number of fused-ring (bicyclic) bond motifs is 1. The predicted octanol–water partition coefficient (Wildman–Crippen LogP) is 6.37. The van der Waals surface area contributed by atoms with E-state index in [0.717, 1.165) is 45.0 Å². The number of hydrogen-bond donors (Lipinski definition) is 2. The van der Waals surface area contributed by atoms with Gasteiger partial charge in [0.25, 0.3) is 0 Å². The highest BCUT2D eigenvalue weighted by Crippen LogP contribution is 2.37. The number of hydrogen-bond acceptors (Lipinski definition) is 5. The lowest BCUT2D eigenvalue weighted by Gasteiger charge is -2.25. The monoisotopic (exact) mass is 537 g/mol. The number of aromatic nitrogens is 1. The number of aliphatic hydroxyl groups is 1. The topological polar surface area (TPSA) is 65.5 Å². The number of nitrogens with one attached hydrogen (secondary N) is 1. The van der Waals surface area contributed by atoms with Crippen LogP contribution in [-0.2, 0) is 30.6 Å². The van der Waals surface area contributed by atoms with Gasteiger partial charge < -0.3 is 10.0 Å². The van der Waals surface area contributed by atoms with Crippen LogP contribution in [0.5, 0.6) is 0 Å². The number of anilines is 1. The summed E-state index contributed by atoms with van der Waals surface area (Å²) >= 11 is 1.54. The van der Waals surface area contributed by atoms with Crippen molar-refractivity contribution < 1.29 is 9.90 Å². The minimum absolute atomic E-state index is 0.0628. The maximum absolute atomic E-state index is 13.6. The number of amides is 1. The summed E-state index contributed by atoms with van der Waals surface area (Å²) in [6.45, 7) is 4.55. The summed E-state index contributed by atoms with van der Waals surface area (Å²) < 4.78 is 3.49. The van der Waals surface area contributed by atoms with Crippen molar-refractivity contribution in [3.8, 4) is 0 Å². The summed E-state index contributed by atoms with van der Waals surface area (Å²) in [5, 5.41) is 10.9. The Labute approximate surface area is 235 Å². The van der Waals surface area contributed by atoms with E-state index in [1.165, 1.54) is 17.5 Å². The fourth-order valence-electron chi connectivity index (χ4n) is 4.97. The molecule has 200 valence electrons. The molecule has 39 heavy (non-hydrogen) atoms. The van der Waals surface area contributed by atoms with Gasteiger partial charge in [-0.25, -0.2) is 4.72 Å². The van der Waals surface area contributed by atoms with Crippen LogP contribution < -0.4 is 9.62 Å². The van der Waals surface area contributed by atoms with Crippen molar-refractivity contribution in [1.82, 2.24) is 9.71 Å². The van der Waals surface area contributed by atoms with Crippen molar-refractivity contribution in [2.24, 2.45) is 0 Å². The van der Waals surface area contributed by atoms with E-state index in [-0.39, 0.29) is 11.9 Å². The van der Waals surface area contributed by atoms with Crippen molar-refractivity contribution in [2.75, 3.05) is 4.90 Å². The molecule has 0 saturated carbocycles. The molecule has 5 rings (SSSR count). The van der Waals surface area contributed by atoms with Crippen LogP contribution in [0, 0.1) is 6.92 Å². The van der Waals surface area contributed by atoms with E-state index < -0.39 is 6.10 Å². The van der Waals surface area contributed by atoms with Crippen LogP contribution >= 0.6 is 11.9 Å². The zero-order valence-electron chi connectivity index (χ0n) is 22.5. The smallest absolute Gasteiger partial charge is 0.227 e. The van der Waals surface area contributed by atoms with Crippen molar-refractivity contribution in [2.45, 2.75) is 63.1 Å². The summed E-state index contributed by atoms with van der Waals surface area (Å²) in [6.07, 6.45) is 4.01. The molecule has 1 aliphatic rings. The molecule has 3 aromatic carbocycles. The average Bonchev–Trinajstić information content (AvgIpc) is 3.29. The third kappa shape index (κ3) is 6.77. The lowest BCUT2D eigenvalue weighted by atomic mass is 10.1. The predicted molar refractivity (Wildman–Crippen MR) is 159 cm³/mol. The Morgan fingerprint density at radius 2 is 1.77 bits per heavy atom. The molecule has 1 heterocycles. The first-order chi connectivity index (χ1) is 19.0. The van der Waals surface area contributed by atoms with Crippen molar-refractivity contribution in [3.63, 3.8) is 0 Å². The van der Waals surface area contributed by atoms with Gasteiger partial charge in [-0.2, -0.15) is 0 Å². The molecule has 6 heteroatoms. The Hall–Kier alpha value is -3.45. The molecule has 1 aromatic heterocycles. The fourth-order valence-corrected chi connectivity index (χ4v) is 5.79. The average molecular weight is 538 g/mol. The minimum atomic E-state index is -0.527. The molecule has 2 N–H and O–H groups in total. The fraction of sp³-hybridized carbons (Fsp3) is 0.273. The van der Waals surface area contributed by atoms with Crippen LogP contribution in [0.2, 0.25) is 0 Å². The van der Waals surface area contributed by atoms with Gasteiger partial charge in [-0.3, -0.25) is 9.78 Å². The summed E-state index contributed by atoms with van der Waals surface area (Å²) in [5.74, 6) is 0.0628. The van der Waals surface area contributed by atoms with Crippen LogP contribution in [0.3, 0.4) is 0 Å². The third-order valence-corrected chi connectivity index (χ3v) is 8.19. The Morgan fingerprint density at radius 3 is 2.49 bits per heavy atom. The van der Waals surface area contributed by atoms with Crippen LogP contribution in [0.15, 0.2) is 96.0 Å². The van der Waals surface area contributed by atoms with Gasteiger partial charge in [-0.05, 0) is 89.9 Å². The van der Waals surface area contributed by atoms with Crippen LogP contribution in [0.4, 0.5) is 5.69 Å². The number of rotatable bonds is 10. The van der Waals surface area contributed by atoms with Gasteiger partial charge >= 0.3 is 0 Å². The summed E-state index contributed by atoms with van der Waals surface area (Å²) in [5.41, 5.74) is 7.37. The van der Waals surface area contributed by atoms with E-state index >= 15 is 0 Å². The Bertz CT molecular complexity index is 1390. The molecule has 0 bridgehead atoms. The first kappa shape index (κ1) is 27.1. The van der Waals surface area contributed by atoms with Crippen molar-refractivity contribution >= 4 is 23.5 Å².